The van der Waals surface area contributed by atoms with Gasteiger partial charge in [-0.15, -0.1) is 0 Å². The van der Waals surface area contributed by atoms with Crippen LogP contribution in [0.3, 0.4) is 0 Å². The van der Waals surface area contributed by atoms with Gasteiger partial charge in [0, 0.05) is 36.3 Å². The van der Waals surface area contributed by atoms with E-state index in [1.807, 2.05) is 36.4 Å². The SMILES string of the molecule is COc1ccc(CNCCCNCCCNCc2ccc(OC)cc2OC)c(OC)c1. The van der Waals surface area contributed by atoms with E-state index in [9.17, 15) is 0 Å². The lowest BCUT2D eigenvalue weighted by Crippen LogP contribution is -2.25. The fourth-order valence-corrected chi connectivity index (χ4v) is 3.24. The van der Waals surface area contributed by atoms with Crippen molar-refractivity contribution in [1.82, 2.24) is 16.0 Å². The van der Waals surface area contributed by atoms with E-state index < -0.39 is 0 Å². The fraction of sp³-hybridized carbons (Fsp3) is 0.500. The molecule has 0 unspecified atom stereocenters. The first-order chi connectivity index (χ1) is 15.2. The Hall–Kier alpha value is -2.48. The van der Waals surface area contributed by atoms with Gasteiger partial charge < -0.3 is 34.9 Å². The predicted molar refractivity (Wildman–Crippen MR) is 125 cm³/mol. The molecule has 7 heteroatoms. The first-order valence-corrected chi connectivity index (χ1v) is 10.8. The van der Waals surface area contributed by atoms with Crippen molar-refractivity contribution in [1.29, 1.82) is 0 Å². The molecule has 7 nitrogen and oxygen atoms in total. The van der Waals surface area contributed by atoms with Gasteiger partial charge in [0.15, 0.2) is 0 Å². The minimum Gasteiger partial charge on any atom is -0.497 e. The van der Waals surface area contributed by atoms with E-state index >= 15 is 0 Å². The van der Waals surface area contributed by atoms with Crippen LogP contribution in [0.5, 0.6) is 23.0 Å². The minimum absolute atomic E-state index is 0.784. The molecule has 0 radical (unpaired) electrons. The standard InChI is InChI=1S/C24H37N3O4/c1-28-21-9-7-19(23(15-21)30-3)17-26-13-5-11-25-12-6-14-27-18-20-8-10-22(29-2)16-24(20)31-4/h7-10,15-16,25-27H,5-6,11-14,17-18H2,1-4H3. The van der Waals surface area contributed by atoms with Gasteiger partial charge in [0.25, 0.3) is 0 Å². The first-order valence-electron chi connectivity index (χ1n) is 10.8. The topological polar surface area (TPSA) is 73.0 Å². The zero-order valence-electron chi connectivity index (χ0n) is 19.3. The number of hydrogen-bond donors (Lipinski definition) is 3. The summed E-state index contributed by atoms with van der Waals surface area (Å²) in [5.41, 5.74) is 2.27. The average Bonchev–Trinajstić information content (AvgIpc) is 2.82. The Bertz CT molecular complexity index is 707. The van der Waals surface area contributed by atoms with Crippen molar-refractivity contribution in [2.45, 2.75) is 25.9 Å². The lowest BCUT2D eigenvalue weighted by atomic mass is 10.2. The van der Waals surface area contributed by atoms with Gasteiger partial charge in [0.1, 0.15) is 23.0 Å². The second-order valence-corrected chi connectivity index (χ2v) is 7.17. The summed E-state index contributed by atoms with van der Waals surface area (Å²) in [6, 6.07) is 11.8. The quantitative estimate of drug-likeness (QED) is 0.353. The van der Waals surface area contributed by atoms with Crippen LogP contribution in [0.1, 0.15) is 24.0 Å². The summed E-state index contributed by atoms with van der Waals surface area (Å²) in [4.78, 5) is 0. The van der Waals surface area contributed by atoms with Crippen LogP contribution < -0.4 is 34.9 Å². The van der Waals surface area contributed by atoms with Gasteiger partial charge in [-0.2, -0.15) is 0 Å². The Kier molecular flexibility index (Phi) is 11.6. The maximum Gasteiger partial charge on any atom is 0.127 e. The number of ether oxygens (including phenoxy) is 4. The lowest BCUT2D eigenvalue weighted by Gasteiger charge is -2.12. The molecule has 0 aliphatic carbocycles. The molecule has 0 bridgehead atoms. The van der Waals surface area contributed by atoms with E-state index in [4.69, 9.17) is 18.9 Å². The van der Waals surface area contributed by atoms with Crippen molar-refractivity contribution in [3.8, 4) is 23.0 Å². The third kappa shape index (κ3) is 8.65. The Morgan fingerprint density at radius 1 is 0.548 bits per heavy atom. The number of rotatable bonds is 16. The molecule has 0 saturated heterocycles. The van der Waals surface area contributed by atoms with E-state index in [0.717, 1.165) is 86.2 Å². The normalized spacial score (nSPS) is 10.7. The van der Waals surface area contributed by atoms with Crippen LogP contribution in [0.2, 0.25) is 0 Å². The highest BCUT2D eigenvalue weighted by atomic mass is 16.5. The van der Waals surface area contributed by atoms with Crippen LogP contribution in [-0.2, 0) is 13.1 Å². The summed E-state index contributed by atoms with van der Waals surface area (Å²) in [7, 11) is 6.69. The van der Waals surface area contributed by atoms with Gasteiger partial charge >= 0.3 is 0 Å². The predicted octanol–water partition coefficient (Wildman–Crippen LogP) is 2.97. The van der Waals surface area contributed by atoms with E-state index in [2.05, 4.69) is 16.0 Å². The molecule has 172 valence electrons. The van der Waals surface area contributed by atoms with E-state index in [0.29, 0.717) is 0 Å². The van der Waals surface area contributed by atoms with Crippen LogP contribution >= 0.6 is 0 Å². The van der Waals surface area contributed by atoms with E-state index in [-0.39, 0.29) is 0 Å². The highest BCUT2D eigenvalue weighted by Crippen LogP contribution is 2.25. The molecule has 2 rings (SSSR count). The molecule has 0 atom stereocenters. The van der Waals surface area contributed by atoms with Crippen molar-refractivity contribution < 1.29 is 18.9 Å². The molecule has 2 aromatic rings. The van der Waals surface area contributed by atoms with Crippen LogP contribution in [0.15, 0.2) is 36.4 Å². The Morgan fingerprint density at radius 2 is 0.968 bits per heavy atom. The Balaban J connectivity index is 1.50. The molecule has 31 heavy (non-hydrogen) atoms. The van der Waals surface area contributed by atoms with E-state index in [1.165, 1.54) is 0 Å². The maximum absolute atomic E-state index is 5.43. The van der Waals surface area contributed by atoms with Gasteiger partial charge in [-0.05, 0) is 51.2 Å². The number of hydrogen-bond acceptors (Lipinski definition) is 7. The number of methoxy groups -OCH3 is 4. The molecule has 2 aromatic carbocycles. The van der Waals surface area contributed by atoms with Crippen molar-refractivity contribution in [2.75, 3.05) is 54.6 Å². The molecule has 0 aliphatic heterocycles. The summed E-state index contributed by atoms with van der Waals surface area (Å²) < 4.78 is 21.3. The second kappa shape index (κ2) is 14.5. The minimum atomic E-state index is 0.784. The molecule has 0 aliphatic rings. The van der Waals surface area contributed by atoms with Crippen molar-refractivity contribution in [2.24, 2.45) is 0 Å². The van der Waals surface area contributed by atoms with Gasteiger partial charge in [0.2, 0.25) is 0 Å². The molecule has 0 saturated carbocycles. The Labute approximate surface area is 186 Å². The largest absolute Gasteiger partial charge is 0.497 e. The van der Waals surface area contributed by atoms with Crippen LogP contribution in [0.4, 0.5) is 0 Å². The van der Waals surface area contributed by atoms with Crippen LogP contribution in [-0.4, -0.2) is 54.6 Å². The summed E-state index contributed by atoms with van der Waals surface area (Å²) in [6.45, 7) is 5.48. The van der Waals surface area contributed by atoms with Crippen LogP contribution in [0.25, 0.3) is 0 Å². The van der Waals surface area contributed by atoms with Gasteiger partial charge in [0.05, 0.1) is 28.4 Å². The molecule has 0 spiro atoms. The molecule has 0 aromatic heterocycles. The highest BCUT2D eigenvalue weighted by Gasteiger charge is 2.05. The number of benzene rings is 2. The highest BCUT2D eigenvalue weighted by molar-refractivity contribution is 5.41. The lowest BCUT2D eigenvalue weighted by molar-refractivity contribution is 0.389. The third-order valence-corrected chi connectivity index (χ3v) is 5.03. The molecule has 3 N–H and O–H groups in total. The summed E-state index contributed by atoms with van der Waals surface area (Å²) in [5, 5.41) is 10.4. The maximum atomic E-state index is 5.43. The summed E-state index contributed by atoms with van der Waals surface area (Å²) in [5.74, 6) is 3.32. The van der Waals surface area contributed by atoms with Crippen molar-refractivity contribution >= 4 is 0 Å². The number of nitrogens with one attached hydrogen (secondary N) is 3. The smallest absolute Gasteiger partial charge is 0.127 e. The molecule has 0 fully saturated rings. The fourth-order valence-electron chi connectivity index (χ4n) is 3.24. The van der Waals surface area contributed by atoms with Crippen LogP contribution in [0, 0.1) is 0 Å². The first kappa shape index (κ1) is 24.8. The third-order valence-electron chi connectivity index (χ3n) is 5.03. The molecule has 0 amide bonds. The Morgan fingerprint density at radius 3 is 1.35 bits per heavy atom. The summed E-state index contributed by atoms with van der Waals surface area (Å²) in [6.07, 6.45) is 2.16. The van der Waals surface area contributed by atoms with Crippen molar-refractivity contribution in [3.63, 3.8) is 0 Å². The average molecular weight is 432 g/mol. The van der Waals surface area contributed by atoms with Gasteiger partial charge in [-0.25, -0.2) is 0 Å². The van der Waals surface area contributed by atoms with E-state index in [1.54, 1.807) is 28.4 Å². The zero-order chi connectivity index (χ0) is 22.3. The second-order valence-electron chi connectivity index (χ2n) is 7.17. The van der Waals surface area contributed by atoms with Gasteiger partial charge in [-0.3, -0.25) is 0 Å². The monoisotopic (exact) mass is 431 g/mol. The van der Waals surface area contributed by atoms with Crippen molar-refractivity contribution in [3.05, 3.63) is 47.5 Å². The zero-order valence-corrected chi connectivity index (χ0v) is 19.3. The molecular formula is C24H37N3O4. The molecule has 0 heterocycles. The molecular weight excluding hydrogens is 394 g/mol. The summed E-state index contributed by atoms with van der Waals surface area (Å²) >= 11 is 0. The van der Waals surface area contributed by atoms with Gasteiger partial charge in [-0.1, -0.05) is 12.1 Å².